The zero-order valence-electron chi connectivity index (χ0n) is 14.8. The van der Waals surface area contributed by atoms with Gasteiger partial charge in [0.05, 0.1) is 26.0 Å². The molecule has 3 N–H and O–H groups in total. The Balaban J connectivity index is 1.79. The Morgan fingerprint density at radius 2 is 2.08 bits per heavy atom. The van der Waals surface area contributed by atoms with E-state index in [2.05, 4.69) is 20.9 Å². The molecule has 0 radical (unpaired) electrons. The Labute approximate surface area is 154 Å². The number of amides is 1. The van der Waals surface area contributed by atoms with Crippen molar-refractivity contribution in [2.45, 2.75) is 13.3 Å². The fourth-order valence-corrected chi connectivity index (χ4v) is 2.79. The summed E-state index contributed by atoms with van der Waals surface area (Å²) in [7, 11) is 1.59. The molecular formula is C17H26N4O3S. The second-order valence-corrected chi connectivity index (χ2v) is 6.19. The minimum atomic E-state index is -0.125. The van der Waals surface area contributed by atoms with Crippen LogP contribution in [0.5, 0.6) is 5.75 Å². The Hall–Kier alpha value is -1.90. The summed E-state index contributed by atoms with van der Waals surface area (Å²) in [6, 6.07) is 5.36. The number of anilines is 2. The van der Waals surface area contributed by atoms with Gasteiger partial charge >= 0.3 is 0 Å². The molecule has 1 aliphatic heterocycles. The number of nitrogens with zero attached hydrogens (tertiary/aromatic N) is 1. The third-order valence-electron chi connectivity index (χ3n) is 3.81. The highest BCUT2D eigenvalue weighted by atomic mass is 32.1. The topological polar surface area (TPSA) is 74.9 Å². The van der Waals surface area contributed by atoms with Gasteiger partial charge in [-0.15, -0.1) is 0 Å². The van der Waals surface area contributed by atoms with Crippen molar-refractivity contribution < 1.29 is 14.3 Å². The molecule has 0 aliphatic carbocycles. The Morgan fingerprint density at radius 1 is 1.32 bits per heavy atom. The van der Waals surface area contributed by atoms with Crippen LogP contribution in [0.15, 0.2) is 18.2 Å². The van der Waals surface area contributed by atoms with E-state index in [9.17, 15) is 4.79 Å². The van der Waals surface area contributed by atoms with Crippen LogP contribution in [-0.4, -0.2) is 62.4 Å². The van der Waals surface area contributed by atoms with Gasteiger partial charge in [-0.2, -0.15) is 0 Å². The number of morpholine rings is 1. The molecule has 1 heterocycles. The number of ether oxygens (including phenoxy) is 2. The Bertz CT molecular complexity index is 591. The first-order valence-corrected chi connectivity index (χ1v) is 8.80. The zero-order chi connectivity index (χ0) is 18.1. The summed E-state index contributed by atoms with van der Waals surface area (Å²) in [5.41, 5.74) is 1.39. The van der Waals surface area contributed by atoms with Gasteiger partial charge in [-0.25, -0.2) is 0 Å². The second kappa shape index (κ2) is 10.2. The van der Waals surface area contributed by atoms with E-state index in [1.54, 1.807) is 25.3 Å². The van der Waals surface area contributed by atoms with Crippen molar-refractivity contribution in [3.63, 3.8) is 0 Å². The number of benzene rings is 1. The zero-order valence-corrected chi connectivity index (χ0v) is 15.6. The maximum atomic E-state index is 11.2. The molecular weight excluding hydrogens is 340 g/mol. The lowest BCUT2D eigenvalue weighted by molar-refractivity contribution is -0.114. The minimum Gasteiger partial charge on any atom is -0.495 e. The minimum absolute atomic E-state index is 0.125. The van der Waals surface area contributed by atoms with Crippen LogP contribution < -0.4 is 20.7 Å². The van der Waals surface area contributed by atoms with Gasteiger partial charge in [0, 0.05) is 32.2 Å². The highest BCUT2D eigenvalue weighted by molar-refractivity contribution is 7.80. The summed E-state index contributed by atoms with van der Waals surface area (Å²) >= 11 is 5.35. The number of carbonyl (C=O) groups is 1. The van der Waals surface area contributed by atoms with E-state index < -0.39 is 0 Å². The molecule has 8 heteroatoms. The van der Waals surface area contributed by atoms with Crippen molar-refractivity contribution in [3.05, 3.63) is 18.2 Å². The monoisotopic (exact) mass is 366 g/mol. The molecule has 0 spiro atoms. The van der Waals surface area contributed by atoms with Gasteiger partial charge in [-0.05, 0) is 43.4 Å². The molecule has 1 aromatic rings. The molecule has 0 unspecified atom stereocenters. The third kappa shape index (κ3) is 6.85. The molecule has 0 atom stereocenters. The van der Waals surface area contributed by atoms with E-state index in [1.165, 1.54) is 6.92 Å². The van der Waals surface area contributed by atoms with Crippen LogP contribution >= 0.6 is 12.2 Å². The molecule has 7 nitrogen and oxygen atoms in total. The Kier molecular flexibility index (Phi) is 7.90. The molecule has 0 saturated carbocycles. The van der Waals surface area contributed by atoms with Crippen molar-refractivity contribution in [1.29, 1.82) is 0 Å². The van der Waals surface area contributed by atoms with Gasteiger partial charge in [0.15, 0.2) is 5.11 Å². The van der Waals surface area contributed by atoms with E-state index in [0.717, 1.165) is 45.8 Å². The maximum Gasteiger partial charge on any atom is 0.221 e. The fraction of sp³-hybridized carbons (Fsp3) is 0.529. The molecule has 0 bridgehead atoms. The number of methoxy groups -OCH3 is 1. The second-order valence-electron chi connectivity index (χ2n) is 5.78. The maximum absolute atomic E-state index is 11.2. The van der Waals surface area contributed by atoms with E-state index in [4.69, 9.17) is 21.7 Å². The third-order valence-corrected chi connectivity index (χ3v) is 4.05. The van der Waals surface area contributed by atoms with Crippen molar-refractivity contribution in [2.24, 2.45) is 0 Å². The Morgan fingerprint density at radius 3 is 2.76 bits per heavy atom. The highest BCUT2D eigenvalue weighted by Crippen LogP contribution is 2.27. The lowest BCUT2D eigenvalue weighted by atomic mass is 10.2. The van der Waals surface area contributed by atoms with E-state index >= 15 is 0 Å². The van der Waals surface area contributed by atoms with Crippen molar-refractivity contribution in [2.75, 3.05) is 57.1 Å². The van der Waals surface area contributed by atoms with Crippen LogP contribution in [-0.2, 0) is 9.53 Å². The molecule has 1 saturated heterocycles. The van der Waals surface area contributed by atoms with Crippen LogP contribution in [0.25, 0.3) is 0 Å². The molecule has 1 fully saturated rings. The quantitative estimate of drug-likeness (QED) is 0.501. The van der Waals surface area contributed by atoms with Crippen LogP contribution in [0.2, 0.25) is 0 Å². The number of nitrogens with one attached hydrogen (secondary N) is 3. The number of hydrogen-bond acceptors (Lipinski definition) is 5. The van der Waals surface area contributed by atoms with Crippen LogP contribution in [0.1, 0.15) is 13.3 Å². The molecule has 2 rings (SSSR count). The van der Waals surface area contributed by atoms with Crippen molar-refractivity contribution in [3.8, 4) is 5.75 Å². The van der Waals surface area contributed by atoms with Gasteiger partial charge in [0.2, 0.25) is 5.91 Å². The summed E-state index contributed by atoms with van der Waals surface area (Å²) in [5.74, 6) is 0.534. The normalized spacial score (nSPS) is 14.6. The molecule has 25 heavy (non-hydrogen) atoms. The summed E-state index contributed by atoms with van der Waals surface area (Å²) in [6.07, 6.45) is 1.00. The van der Waals surface area contributed by atoms with Crippen LogP contribution in [0.3, 0.4) is 0 Å². The summed E-state index contributed by atoms with van der Waals surface area (Å²) < 4.78 is 10.7. The first kappa shape index (κ1) is 19.4. The van der Waals surface area contributed by atoms with Crippen LogP contribution in [0.4, 0.5) is 11.4 Å². The summed E-state index contributed by atoms with van der Waals surface area (Å²) in [4.78, 5) is 13.6. The van der Waals surface area contributed by atoms with Crippen molar-refractivity contribution in [1.82, 2.24) is 10.2 Å². The molecule has 1 aliphatic rings. The predicted molar refractivity (Wildman–Crippen MR) is 103 cm³/mol. The fourth-order valence-electron chi connectivity index (χ4n) is 2.58. The van der Waals surface area contributed by atoms with E-state index in [-0.39, 0.29) is 5.91 Å². The van der Waals surface area contributed by atoms with Gasteiger partial charge < -0.3 is 25.4 Å². The van der Waals surface area contributed by atoms with Gasteiger partial charge in [-0.1, -0.05) is 0 Å². The predicted octanol–water partition coefficient (Wildman–Crippen LogP) is 1.66. The number of carbonyl (C=O) groups excluding carboxylic acids is 1. The molecule has 1 aromatic carbocycles. The molecule has 0 aromatic heterocycles. The van der Waals surface area contributed by atoms with E-state index in [0.29, 0.717) is 22.2 Å². The average molecular weight is 366 g/mol. The first-order chi connectivity index (χ1) is 12.1. The summed E-state index contributed by atoms with van der Waals surface area (Å²) in [5, 5.41) is 9.60. The number of rotatable bonds is 7. The standard InChI is InChI=1S/C17H26N4O3S/c1-13(22)19-14-4-5-16(23-2)15(12-14)20-17(25)18-6-3-7-21-8-10-24-11-9-21/h4-5,12H,3,6-11H2,1-2H3,(H,19,22)(H2,18,20,25). The van der Waals surface area contributed by atoms with Crippen molar-refractivity contribution >= 4 is 34.6 Å². The number of thiocarbonyl (C=S) groups is 1. The average Bonchev–Trinajstić information content (AvgIpc) is 2.59. The largest absolute Gasteiger partial charge is 0.495 e. The molecule has 1 amide bonds. The SMILES string of the molecule is COc1ccc(NC(C)=O)cc1NC(=S)NCCCN1CCOCC1. The smallest absolute Gasteiger partial charge is 0.221 e. The van der Waals surface area contributed by atoms with Gasteiger partial charge in [0.25, 0.3) is 0 Å². The highest BCUT2D eigenvalue weighted by Gasteiger charge is 2.10. The van der Waals surface area contributed by atoms with Gasteiger partial charge in [0.1, 0.15) is 5.75 Å². The number of hydrogen-bond donors (Lipinski definition) is 3. The lowest BCUT2D eigenvalue weighted by Gasteiger charge is -2.26. The first-order valence-electron chi connectivity index (χ1n) is 8.39. The lowest BCUT2D eigenvalue weighted by Crippen LogP contribution is -2.38. The van der Waals surface area contributed by atoms with E-state index in [1.807, 2.05) is 0 Å². The van der Waals surface area contributed by atoms with Gasteiger partial charge in [-0.3, -0.25) is 9.69 Å². The summed E-state index contributed by atoms with van der Waals surface area (Å²) in [6.45, 7) is 6.91. The molecule has 138 valence electrons. The van der Waals surface area contributed by atoms with Crippen LogP contribution in [0, 0.1) is 0 Å².